The highest BCUT2D eigenvalue weighted by molar-refractivity contribution is 5.94. The lowest BCUT2D eigenvalue weighted by molar-refractivity contribution is 0.0951. The van der Waals surface area contributed by atoms with E-state index in [0.717, 1.165) is 22.3 Å². The van der Waals surface area contributed by atoms with Gasteiger partial charge in [0.2, 0.25) is 0 Å². The normalized spacial score (nSPS) is 10.5. The van der Waals surface area contributed by atoms with E-state index < -0.39 is 0 Å². The topological polar surface area (TPSA) is 64.1 Å². The van der Waals surface area contributed by atoms with Gasteiger partial charge in [-0.3, -0.25) is 4.79 Å². The third-order valence-corrected chi connectivity index (χ3v) is 4.83. The Morgan fingerprint density at radius 2 is 1.58 bits per heavy atom. The van der Waals surface area contributed by atoms with Crippen LogP contribution in [0.15, 0.2) is 85.2 Å². The lowest BCUT2D eigenvalue weighted by Crippen LogP contribution is -2.23. The second-order valence-corrected chi connectivity index (χ2v) is 7.00. The first-order chi connectivity index (χ1) is 15.1. The molecular weight excluding hydrogens is 393 g/mol. The van der Waals surface area contributed by atoms with Crippen LogP contribution in [-0.2, 0) is 6.54 Å². The van der Waals surface area contributed by atoms with E-state index in [1.807, 2.05) is 43.3 Å². The smallest absolute Gasteiger partial charge is 0.321 e. The SMILES string of the molecule is Cc1ccccc1CNC(=O)c1ccc(-c2cnc(Oc3ccc(F)cc3)nc2)cc1. The van der Waals surface area contributed by atoms with Crippen LogP contribution < -0.4 is 10.1 Å². The number of carbonyl (C=O) groups is 1. The Balaban J connectivity index is 1.38. The summed E-state index contributed by atoms with van der Waals surface area (Å²) in [6, 6.07) is 21.0. The van der Waals surface area contributed by atoms with E-state index in [1.165, 1.54) is 24.3 Å². The predicted octanol–water partition coefficient (Wildman–Crippen LogP) is 5.31. The average Bonchev–Trinajstić information content (AvgIpc) is 2.80. The quantitative estimate of drug-likeness (QED) is 0.465. The number of aryl methyl sites for hydroxylation is 1. The van der Waals surface area contributed by atoms with E-state index >= 15 is 0 Å². The lowest BCUT2D eigenvalue weighted by atomic mass is 10.1. The second-order valence-electron chi connectivity index (χ2n) is 7.00. The molecule has 0 aliphatic heterocycles. The van der Waals surface area contributed by atoms with Gasteiger partial charge in [-0.2, -0.15) is 0 Å². The zero-order valence-corrected chi connectivity index (χ0v) is 16.9. The first-order valence-corrected chi connectivity index (χ1v) is 9.77. The molecule has 154 valence electrons. The van der Waals surface area contributed by atoms with Gasteiger partial charge in [0.25, 0.3) is 5.91 Å². The Labute approximate surface area is 179 Å². The summed E-state index contributed by atoms with van der Waals surface area (Å²) in [6.45, 7) is 2.50. The van der Waals surface area contributed by atoms with E-state index in [4.69, 9.17) is 4.74 Å². The van der Waals surface area contributed by atoms with Crippen molar-refractivity contribution in [1.82, 2.24) is 15.3 Å². The van der Waals surface area contributed by atoms with Gasteiger partial charge in [0.05, 0.1) is 0 Å². The number of hydrogen-bond acceptors (Lipinski definition) is 4. The van der Waals surface area contributed by atoms with E-state index in [-0.39, 0.29) is 17.7 Å². The summed E-state index contributed by atoms with van der Waals surface area (Å²) in [5, 5.41) is 2.95. The highest BCUT2D eigenvalue weighted by Gasteiger charge is 2.08. The molecule has 4 rings (SSSR count). The number of amides is 1. The second kappa shape index (κ2) is 9.17. The van der Waals surface area contributed by atoms with Crippen LogP contribution in [0.2, 0.25) is 0 Å². The number of rotatable bonds is 6. The van der Waals surface area contributed by atoms with Gasteiger partial charge in [-0.1, -0.05) is 36.4 Å². The number of nitrogens with zero attached hydrogens (tertiary/aromatic N) is 2. The van der Waals surface area contributed by atoms with Crippen LogP contribution >= 0.6 is 0 Å². The van der Waals surface area contributed by atoms with Gasteiger partial charge in [0.15, 0.2) is 0 Å². The Kier molecular flexibility index (Phi) is 5.98. The largest absolute Gasteiger partial charge is 0.424 e. The van der Waals surface area contributed by atoms with Crippen molar-refractivity contribution in [2.24, 2.45) is 0 Å². The summed E-state index contributed by atoms with van der Waals surface area (Å²) in [7, 11) is 0. The summed E-state index contributed by atoms with van der Waals surface area (Å²) < 4.78 is 18.5. The van der Waals surface area contributed by atoms with Crippen LogP contribution in [0, 0.1) is 12.7 Å². The average molecular weight is 413 g/mol. The maximum Gasteiger partial charge on any atom is 0.321 e. The van der Waals surface area contributed by atoms with Crippen molar-refractivity contribution in [3.8, 4) is 22.9 Å². The molecule has 5 nitrogen and oxygen atoms in total. The molecule has 0 spiro atoms. The molecule has 0 saturated heterocycles. The minimum absolute atomic E-state index is 0.130. The fourth-order valence-electron chi connectivity index (χ4n) is 3.03. The minimum Gasteiger partial charge on any atom is -0.424 e. The van der Waals surface area contributed by atoms with Crippen LogP contribution in [0.25, 0.3) is 11.1 Å². The van der Waals surface area contributed by atoms with Crippen molar-refractivity contribution in [3.05, 3.63) is 108 Å². The van der Waals surface area contributed by atoms with Crippen LogP contribution in [0.3, 0.4) is 0 Å². The highest BCUT2D eigenvalue weighted by atomic mass is 19.1. The van der Waals surface area contributed by atoms with Gasteiger partial charge in [-0.05, 0) is 60.0 Å². The third-order valence-electron chi connectivity index (χ3n) is 4.83. The number of carbonyl (C=O) groups excluding carboxylic acids is 1. The molecule has 0 unspecified atom stereocenters. The van der Waals surface area contributed by atoms with Crippen molar-refractivity contribution in [2.45, 2.75) is 13.5 Å². The number of nitrogens with one attached hydrogen (secondary N) is 1. The number of benzene rings is 3. The molecule has 0 saturated carbocycles. The molecule has 1 heterocycles. The number of aromatic nitrogens is 2. The molecule has 0 fully saturated rings. The molecule has 4 aromatic rings. The fraction of sp³-hybridized carbons (Fsp3) is 0.0800. The number of hydrogen-bond donors (Lipinski definition) is 1. The maximum atomic E-state index is 13.0. The Hall–Kier alpha value is -4.06. The molecule has 0 aliphatic carbocycles. The molecule has 3 aromatic carbocycles. The summed E-state index contributed by atoms with van der Waals surface area (Å²) >= 11 is 0. The van der Waals surface area contributed by atoms with Crippen LogP contribution in [0.5, 0.6) is 11.8 Å². The van der Waals surface area contributed by atoms with Crippen molar-refractivity contribution in [1.29, 1.82) is 0 Å². The predicted molar refractivity (Wildman–Crippen MR) is 116 cm³/mol. The van der Waals surface area contributed by atoms with Gasteiger partial charge in [-0.25, -0.2) is 14.4 Å². The zero-order valence-electron chi connectivity index (χ0n) is 16.9. The van der Waals surface area contributed by atoms with E-state index in [2.05, 4.69) is 15.3 Å². The zero-order chi connectivity index (χ0) is 21.6. The maximum absolute atomic E-state index is 13.0. The minimum atomic E-state index is -0.337. The van der Waals surface area contributed by atoms with E-state index in [0.29, 0.717) is 17.9 Å². The lowest BCUT2D eigenvalue weighted by Gasteiger charge is -2.09. The number of ether oxygens (including phenoxy) is 1. The van der Waals surface area contributed by atoms with Crippen LogP contribution in [0.1, 0.15) is 21.5 Å². The van der Waals surface area contributed by atoms with Crippen molar-refractivity contribution < 1.29 is 13.9 Å². The summed E-state index contributed by atoms with van der Waals surface area (Å²) in [6.07, 6.45) is 3.28. The van der Waals surface area contributed by atoms with Crippen molar-refractivity contribution >= 4 is 5.91 Å². The monoisotopic (exact) mass is 413 g/mol. The molecule has 0 atom stereocenters. The highest BCUT2D eigenvalue weighted by Crippen LogP contribution is 2.22. The van der Waals surface area contributed by atoms with Crippen LogP contribution in [0.4, 0.5) is 4.39 Å². The first kappa shape index (κ1) is 20.2. The van der Waals surface area contributed by atoms with Crippen molar-refractivity contribution in [2.75, 3.05) is 0 Å². The molecule has 1 amide bonds. The van der Waals surface area contributed by atoms with Gasteiger partial charge >= 0.3 is 6.01 Å². The standard InChI is InChI=1S/C25H20FN3O2/c1-17-4-2-3-5-20(17)14-27-24(30)19-8-6-18(7-9-19)21-15-28-25(29-16-21)31-23-12-10-22(26)11-13-23/h2-13,15-16H,14H2,1H3,(H,27,30). The van der Waals surface area contributed by atoms with Gasteiger partial charge in [-0.15, -0.1) is 0 Å². The molecular formula is C25H20FN3O2. The van der Waals surface area contributed by atoms with Crippen molar-refractivity contribution in [3.63, 3.8) is 0 Å². The molecule has 0 aliphatic rings. The summed E-state index contributed by atoms with van der Waals surface area (Å²) in [4.78, 5) is 20.8. The Morgan fingerprint density at radius 3 is 2.26 bits per heavy atom. The first-order valence-electron chi connectivity index (χ1n) is 9.77. The van der Waals surface area contributed by atoms with Gasteiger partial charge in [0.1, 0.15) is 11.6 Å². The Morgan fingerprint density at radius 1 is 0.903 bits per heavy atom. The molecule has 0 bridgehead atoms. The van der Waals surface area contributed by atoms with Crippen LogP contribution in [-0.4, -0.2) is 15.9 Å². The molecule has 31 heavy (non-hydrogen) atoms. The molecule has 1 N–H and O–H groups in total. The molecule has 6 heteroatoms. The summed E-state index contributed by atoms with van der Waals surface area (Å²) in [5.41, 5.74) is 4.48. The summed E-state index contributed by atoms with van der Waals surface area (Å²) in [5.74, 6) is -0.0137. The van der Waals surface area contributed by atoms with E-state index in [1.54, 1.807) is 24.5 Å². The van der Waals surface area contributed by atoms with Gasteiger partial charge in [0, 0.05) is 30.1 Å². The fourth-order valence-corrected chi connectivity index (χ4v) is 3.03. The Bertz CT molecular complexity index is 1170. The van der Waals surface area contributed by atoms with E-state index in [9.17, 15) is 9.18 Å². The molecule has 0 radical (unpaired) electrons. The molecule has 1 aromatic heterocycles. The third kappa shape index (κ3) is 5.11. The van der Waals surface area contributed by atoms with Gasteiger partial charge < -0.3 is 10.1 Å². The number of halogens is 1.